The van der Waals surface area contributed by atoms with Crippen molar-refractivity contribution in [2.75, 3.05) is 0 Å². The molecule has 0 spiro atoms. The van der Waals surface area contributed by atoms with E-state index in [0.717, 1.165) is 0 Å². The van der Waals surface area contributed by atoms with Crippen LogP contribution in [0, 0.1) is 0 Å². The number of halogens is 2. The van der Waals surface area contributed by atoms with Crippen molar-refractivity contribution in [3.63, 3.8) is 0 Å². The molecule has 0 aromatic rings. The fourth-order valence-corrected chi connectivity index (χ4v) is 0.0600. The van der Waals surface area contributed by atoms with Crippen LogP contribution in [0.3, 0.4) is 0 Å². The van der Waals surface area contributed by atoms with Crippen molar-refractivity contribution >= 4 is 0 Å². The van der Waals surface area contributed by atoms with Gasteiger partial charge in [0.2, 0.25) is 6.36 Å². The monoisotopic (exact) mass is 94.0 g/mol. The van der Waals surface area contributed by atoms with Crippen LogP contribution in [0.4, 0.5) is 8.78 Å². The van der Waals surface area contributed by atoms with Gasteiger partial charge in [0.1, 0.15) is 0 Å². The lowest BCUT2D eigenvalue weighted by molar-refractivity contribution is 0.0873. The molecule has 1 N–H and O–H groups in total. The van der Waals surface area contributed by atoms with Crippen LogP contribution in [0.1, 0.15) is 0 Å². The Hall–Kier alpha value is -0.440. The predicted octanol–water partition coefficient (Wildman–Crippen LogP) is 0.758. The third-order valence-corrected chi connectivity index (χ3v) is 0.232. The van der Waals surface area contributed by atoms with Gasteiger partial charge in [-0.05, 0) is 0 Å². The Kier molecular flexibility index (Phi) is 2.58. The molecule has 0 aliphatic heterocycles. The summed E-state index contributed by atoms with van der Waals surface area (Å²) >= 11 is 0. The molecule has 0 saturated carbocycles. The summed E-state index contributed by atoms with van der Waals surface area (Å²) in [4.78, 5) is 0. The SMILES string of the molecule is OC(F)C=CF. The highest BCUT2D eigenvalue weighted by Crippen LogP contribution is 1.84. The minimum absolute atomic E-state index is 0.0509. The van der Waals surface area contributed by atoms with Crippen LogP contribution >= 0.6 is 0 Å². The van der Waals surface area contributed by atoms with E-state index in [1.54, 1.807) is 0 Å². The standard InChI is InChI=1S/C3H4F2O/c4-2-1-3(5)6/h1-3,6H. The van der Waals surface area contributed by atoms with Crippen LogP contribution in [0.15, 0.2) is 12.4 Å². The Morgan fingerprint density at radius 1 is 1.67 bits per heavy atom. The van der Waals surface area contributed by atoms with Crippen molar-refractivity contribution in [2.45, 2.75) is 6.36 Å². The Morgan fingerprint density at radius 3 is 2.17 bits per heavy atom. The quantitative estimate of drug-likeness (QED) is 0.508. The molecule has 0 saturated heterocycles. The maximum Gasteiger partial charge on any atom is 0.218 e. The lowest BCUT2D eigenvalue weighted by atomic mass is 10.7. The van der Waals surface area contributed by atoms with Gasteiger partial charge in [-0.25, -0.2) is 8.78 Å². The van der Waals surface area contributed by atoms with Gasteiger partial charge >= 0.3 is 0 Å². The molecule has 1 nitrogen and oxygen atoms in total. The Bertz CT molecular complexity index is 50.8. The molecule has 0 aliphatic carbocycles. The van der Waals surface area contributed by atoms with Gasteiger partial charge in [0.15, 0.2) is 0 Å². The second kappa shape index (κ2) is 2.78. The third kappa shape index (κ3) is 3.56. The van der Waals surface area contributed by atoms with Crippen molar-refractivity contribution in [2.24, 2.45) is 0 Å². The lowest BCUT2D eigenvalue weighted by Crippen LogP contribution is -1.86. The molecule has 1 atom stereocenters. The minimum Gasteiger partial charge on any atom is -0.361 e. The molecule has 6 heavy (non-hydrogen) atoms. The van der Waals surface area contributed by atoms with E-state index in [4.69, 9.17) is 5.11 Å². The molecule has 36 valence electrons. The fourth-order valence-electron chi connectivity index (χ4n) is 0.0600. The molecule has 0 fully saturated rings. The summed E-state index contributed by atoms with van der Waals surface area (Å²) in [6, 6.07) is 0. The normalized spacial score (nSPS) is 15.8. The predicted molar refractivity (Wildman–Crippen MR) is 17.4 cm³/mol. The summed E-state index contributed by atoms with van der Waals surface area (Å²) in [6.45, 7) is 0. The molecule has 0 aromatic heterocycles. The van der Waals surface area contributed by atoms with Crippen LogP contribution in [0.5, 0.6) is 0 Å². The Morgan fingerprint density at radius 2 is 2.17 bits per heavy atom. The molecular formula is C3H4F2O. The van der Waals surface area contributed by atoms with Gasteiger partial charge < -0.3 is 5.11 Å². The first-order valence-electron chi connectivity index (χ1n) is 1.36. The zero-order chi connectivity index (χ0) is 4.99. The smallest absolute Gasteiger partial charge is 0.218 e. The van der Waals surface area contributed by atoms with Gasteiger partial charge in [-0.15, -0.1) is 0 Å². The van der Waals surface area contributed by atoms with E-state index in [9.17, 15) is 8.78 Å². The molecule has 0 heterocycles. The Balaban J connectivity index is 3.03. The summed E-state index contributed by atoms with van der Waals surface area (Å²) in [6.07, 6.45) is -1.82. The lowest BCUT2D eigenvalue weighted by Gasteiger charge is -1.81. The minimum atomic E-state index is -2.16. The fraction of sp³-hybridized carbons (Fsp3) is 0.333. The second-order valence-corrected chi connectivity index (χ2v) is 0.691. The maximum absolute atomic E-state index is 10.9. The number of aliphatic hydroxyl groups excluding tert-OH is 1. The maximum atomic E-state index is 10.9. The van der Waals surface area contributed by atoms with Crippen molar-refractivity contribution in [3.05, 3.63) is 12.4 Å². The van der Waals surface area contributed by atoms with E-state index < -0.39 is 6.36 Å². The molecule has 0 aromatic carbocycles. The van der Waals surface area contributed by atoms with E-state index >= 15 is 0 Å². The number of hydrogen-bond donors (Lipinski definition) is 1. The highest BCUT2D eigenvalue weighted by Gasteiger charge is 1.85. The zero-order valence-electron chi connectivity index (χ0n) is 2.94. The summed E-state index contributed by atoms with van der Waals surface area (Å²) in [5.74, 6) is 0. The molecular weight excluding hydrogens is 90.0 g/mol. The van der Waals surface area contributed by atoms with Gasteiger partial charge in [0, 0.05) is 6.08 Å². The first-order valence-corrected chi connectivity index (χ1v) is 1.36. The Labute approximate surface area is 33.9 Å². The first-order chi connectivity index (χ1) is 2.77. The van der Waals surface area contributed by atoms with E-state index in [-0.39, 0.29) is 6.33 Å². The van der Waals surface area contributed by atoms with Crippen molar-refractivity contribution in [3.8, 4) is 0 Å². The van der Waals surface area contributed by atoms with Gasteiger partial charge in [0.05, 0.1) is 6.33 Å². The van der Waals surface area contributed by atoms with E-state index in [2.05, 4.69) is 0 Å². The molecule has 3 heteroatoms. The molecule has 0 amide bonds. The number of alkyl halides is 1. The van der Waals surface area contributed by atoms with E-state index in [0.29, 0.717) is 6.08 Å². The number of rotatable bonds is 1. The molecule has 0 aliphatic rings. The summed E-state index contributed by atoms with van der Waals surface area (Å²) in [7, 11) is 0. The summed E-state index contributed by atoms with van der Waals surface area (Å²) in [5, 5.41) is 7.56. The molecule has 0 bridgehead atoms. The van der Waals surface area contributed by atoms with Gasteiger partial charge in [-0.2, -0.15) is 0 Å². The molecule has 0 radical (unpaired) electrons. The van der Waals surface area contributed by atoms with Gasteiger partial charge in [-0.3, -0.25) is 0 Å². The summed E-state index contributed by atoms with van der Waals surface area (Å²) < 4.78 is 21.6. The third-order valence-electron chi connectivity index (χ3n) is 0.232. The van der Waals surface area contributed by atoms with Crippen molar-refractivity contribution in [1.29, 1.82) is 0 Å². The summed E-state index contributed by atoms with van der Waals surface area (Å²) in [5.41, 5.74) is 0. The van der Waals surface area contributed by atoms with Crippen molar-refractivity contribution < 1.29 is 13.9 Å². The number of hydrogen-bond acceptors (Lipinski definition) is 1. The second-order valence-electron chi connectivity index (χ2n) is 0.691. The largest absolute Gasteiger partial charge is 0.361 e. The number of aliphatic hydroxyl groups is 1. The van der Waals surface area contributed by atoms with E-state index in [1.165, 1.54) is 0 Å². The van der Waals surface area contributed by atoms with E-state index in [1.807, 2.05) is 0 Å². The van der Waals surface area contributed by atoms with Crippen LogP contribution in [0.2, 0.25) is 0 Å². The highest BCUT2D eigenvalue weighted by molar-refractivity contribution is 4.73. The average Bonchev–Trinajstić information content (AvgIpc) is 1.35. The first kappa shape index (κ1) is 5.56. The average molecular weight is 94.1 g/mol. The van der Waals surface area contributed by atoms with Crippen LogP contribution in [-0.4, -0.2) is 11.5 Å². The highest BCUT2D eigenvalue weighted by atomic mass is 19.1. The van der Waals surface area contributed by atoms with Crippen molar-refractivity contribution in [1.82, 2.24) is 0 Å². The molecule has 1 unspecified atom stereocenters. The van der Waals surface area contributed by atoms with Gasteiger partial charge in [-0.1, -0.05) is 0 Å². The topological polar surface area (TPSA) is 20.2 Å². The van der Waals surface area contributed by atoms with Crippen LogP contribution < -0.4 is 0 Å². The van der Waals surface area contributed by atoms with Gasteiger partial charge in [0.25, 0.3) is 0 Å². The molecule has 0 rings (SSSR count). The zero-order valence-corrected chi connectivity index (χ0v) is 2.94. The van der Waals surface area contributed by atoms with Crippen LogP contribution in [0.25, 0.3) is 0 Å². The van der Waals surface area contributed by atoms with Crippen LogP contribution in [-0.2, 0) is 0 Å².